The molecule has 2 aromatic carbocycles. The van der Waals surface area contributed by atoms with Crippen LogP contribution in [0.5, 0.6) is 5.75 Å². The molecule has 5 nitrogen and oxygen atoms in total. The molecule has 3 rings (SSSR count). The van der Waals surface area contributed by atoms with Crippen LogP contribution in [0.15, 0.2) is 53.0 Å². The van der Waals surface area contributed by atoms with Gasteiger partial charge in [-0.05, 0) is 56.0 Å². The van der Waals surface area contributed by atoms with E-state index in [1.165, 1.54) is 0 Å². The molecule has 2 aromatic rings. The van der Waals surface area contributed by atoms with Crippen molar-refractivity contribution >= 4 is 27.7 Å². The summed E-state index contributed by atoms with van der Waals surface area (Å²) >= 11 is 3.40. The summed E-state index contributed by atoms with van der Waals surface area (Å²) in [6, 6.07) is 15.1. The van der Waals surface area contributed by atoms with Crippen molar-refractivity contribution in [3.8, 4) is 5.75 Å². The average Bonchev–Trinajstić information content (AvgIpc) is 3.26. The Morgan fingerprint density at radius 2 is 1.87 bits per heavy atom. The summed E-state index contributed by atoms with van der Waals surface area (Å²) in [6.07, 6.45) is 4.87. The van der Waals surface area contributed by atoms with Crippen LogP contribution in [0.3, 0.4) is 0 Å². The van der Waals surface area contributed by atoms with E-state index in [0.717, 1.165) is 41.3 Å². The average molecular weight is 487 g/mol. The van der Waals surface area contributed by atoms with Crippen LogP contribution in [-0.2, 0) is 16.1 Å². The molecular formula is C25H31BrN2O3. The highest BCUT2D eigenvalue weighted by molar-refractivity contribution is 9.10. The van der Waals surface area contributed by atoms with Gasteiger partial charge in [-0.15, -0.1) is 0 Å². The van der Waals surface area contributed by atoms with Gasteiger partial charge in [0.2, 0.25) is 5.91 Å². The van der Waals surface area contributed by atoms with Crippen molar-refractivity contribution in [2.24, 2.45) is 0 Å². The maximum Gasteiger partial charge on any atom is 0.261 e. The van der Waals surface area contributed by atoms with E-state index in [1.807, 2.05) is 56.3 Å². The molecule has 0 spiro atoms. The molecule has 6 heteroatoms. The zero-order valence-electron chi connectivity index (χ0n) is 18.3. The third-order valence-corrected chi connectivity index (χ3v) is 6.23. The maximum atomic E-state index is 13.2. The highest BCUT2D eigenvalue weighted by Crippen LogP contribution is 2.20. The molecule has 0 heterocycles. The Hall–Kier alpha value is -2.34. The summed E-state index contributed by atoms with van der Waals surface area (Å²) in [5.41, 5.74) is 2.13. The Morgan fingerprint density at radius 1 is 1.16 bits per heavy atom. The fourth-order valence-corrected chi connectivity index (χ4v) is 4.32. The van der Waals surface area contributed by atoms with Crippen molar-refractivity contribution in [3.05, 3.63) is 64.1 Å². The molecule has 2 amide bonds. The van der Waals surface area contributed by atoms with Crippen molar-refractivity contribution in [1.29, 1.82) is 0 Å². The molecule has 1 saturated carbocycles. The largest absolute Gasteiger partial charge is 0.484 e. The second kappa shape index (κ2) is 11.3. The van der Waals surface area contributed by atoms with Crippen molar-refractivity contribution in [2.45, 2.75) is 64.6 Å². The van der Waals surface area contributed by atoms with Gasteiger partial charge >= 0.3 is 0 Å². The minimum atomic E-state index is -0.526. The highest BCUT2D eigenvalue weighted by atomic mass is 79.9. The lowest BCUT2D eigenvalue weighted by molar-refractivity contribution is -0.143. The number of nitrogens with one attached hydrogen (secondary N) is 1. The predicted octanol–water partition coefficient (Wildman–Crippen LogP) is 5.00. The van der Waals surface area contributed by atoms with Gasteiger partial charge in [0.1, 0.15) is 11.8 Å². The molecule has 0 aromatic heterocycles. The Bertz CT molecular complexity index is 879. The van der Waals surface area contributed by atoms with Gasteiger partial charge in [-0.3, -0.25) is 9.59 Å². The number of aryl methyl sites for hydroxylation is 1. The van der Waals surface area contributed by atoms with Gasteiger partial charge in [0.15, 0.2) is 6.61 Å². The van der Waals surface area contributed by atoms with E-state index in [1.54, 1.807) is 4.90 Å². The Balaban J connectivity index is 1.75. The van der Waals surface area contributed by atoms with Crippen LogP contribution in [0.2, 0.25) is 0 Å². The molecule has 1 N–H and O–H groups in total. The first-order chi connectivity index (χ1) is 15.0. The number of ether oxygens (including phenoxy) is 1. The fourth-order valence-electron chi connectivity index (χ4n) is 4.05. The molecule has 1 atom stereocenters. The van der Waals surface area contributed by atoms with E-state index in [9.17, 15) is 9.59 Å². The first kappa shape index (κ1) is 23.3. The fraction of sp³-hybridized carbons (Fsp3) is 0.440. The zero-order valence-corrected chi connectivity index (χ0v) is 19.9. The van der Waals surface area contributed by atoms with Crippen molar-refractivity contribution in [1.82, 2.24) is 10.2 Å². The van der Waals surface area contributed by atoms with Crippen molar-refractivity contribution < 1.29 is 14.3 Å². The van der Waals surface area contributed by atoms with Crippen LogP contribution in [0.4, 0.5) is 0 Å². The van der Waals surface area contributed by atoms with Gasteiger partial charge in [0, 0.05) is 17.1 Å². The van der Waals surface area contributed by atoms with Crippen LogP contribution in [0, 0.1) is 6.92 Å². The van der Waals surface area contributed by atoms with Gasteiger partial charge in [-0.25, -0.2) is 0 Å². The molecule has 0 bridgehead atoms. The second-order valence-electron chi connectivity index (χ2n) is 8.17. The molecule has 0 saturated heterocycles. The smallest absolute Gasteiger partial charge is 0.261 e. The van der Waals surface area contributed by atoms with Gasteiger partial charge in [-0.2, -0.15) is 0 Å². The van der Waals surface area contributed by atoms with E-state index >= 15 is 0 Å². The Labute approximate surface area is 193 Å². The van der Waals surface area contributed by atoms with Gasteiger partial charge in [-0.1, -0.05) is 65.5 Å². The second-order valence-corrected chi connectivity index (χ2v) is 9.08. The van der Waals surface area contributed by atoms with E-state index in [2.05, 4.69) is 27.3 Å². The minimum Gasteiger partial charge on any atom is -0.484 e. The standard InChI is InChI=1S/C25H31BrN2O3/c1-3-23(25(30)27-21-9-4-5-10-21)28(16-19-8-6-7-18(2)15-19)24(29)17-31-22-13-11-20(26)12-14-22/h6-8,11-15,21,23H,3-5,9-10,16-17H2,1-2H3,(H,27,30)/t23-/m1/s1. The number of benzene rings is 2. The molecule has 1 fully saturated rings. The van der Waals surface area contributed by atoms with Crippen LogP contribution in [0.25, 0.3) is 0 Å². The number of amides is 2. The number of carbonyl (C=O) groups excluding carboxylic acids is 2. The van der Waals surface area contributed by atoms with Gasteiger partial charge < -0.3 is 15.0 Å². The van der Waals surface area contributed by atoms with E-state index < -0.39 is 6.04 Å². The molecule has 1 aliphatic carbocycles. The third-order valence-electron chi connectivity index (χ3n) is 5.70. The topological polar surface area (TPSA) is 58.6 Å². The summed E-state index contributed by atoms with van der Waals surface area (Å²) in [7, 11) is 0. The summed E-state index contributed by atoms with van der Waals surface area (Å²) in [5, 5.41) is 3.16. The summed E-state index contributed by atoms with van der Waals surface area (Å²) in [5.74, 6) is 0.354. The van der Waals surface area contributed by atoms with E-state index in [4.69, 9.17) is 4.74 Å². The lowest BCUT2D eigenvalue weighted by Gasteiger charge is -2.31. The van der Waals surface area contributed by atoms with E-state index in [-0.39, 0.29) is 24.5 Å². The summed E-state index contributed by atoms with van der Waals surface area (Å²) in [4.78, 5) is 28.0. The number of hydrogen-bond acceptors (Lipinski definition) is 3. The number of rotatable bonds is 9. The quantitative estimate of drug-likeness (QED) is 0.542. The summed E-state index contributed by atoms with van der Waals surface area (Å²) < 4.78 is 6.68. The van der Waals surface area contributed by atoms with Crippen LogP contribution in [-0.4, -0.2) is 35.4 Å². The maximum absolute atomic E-state index is 13.2. The number of halogens is 1. The van der Waals surface area contributed by atoms with E-state index in [0.29, 0.717) is 18.7 Å². The number of carbonyl (C=O) groups is 2. The number of hydrogen-bond donors (Lipinski definition) is 1. The molecule has 31 heavy (non-hydrogen) atoms. The first-order valence-corrected chi connectivity index (χ1v) is 11.8. The highest BCUT2D eigenvalue weighted by Gasteiger charge is 2.30. The van der Waals surface area contributed by atoms with Gasteiger partial charge in [0.25, 0.3) is 5.91 Å². The normalized spacial score (nSPS) is 14.8. The van der Waals surface area contributed by atoms with Gasteiger partial charge in [0.05, 0.1) is 0 Å². The predicted molar refractivity (Wildman–Crippen MR) is 126 cm³/mol. The molecule has 0 radical (unpaired) electrons. The third kappa shape index (κ3) is 6.82. The van der Waals surface area contributed by atoms with Crippen molar-refractivity contribution in [2.75, 3.05) is 6.61 Å². The lowest BCUT2D eigenvalue weighted by atomic mass is 10.1. The molecule has 0 unspecified atom stereocenters. The molecule has 1 aliphatic rings. The van der Waals surface area contributed by atoms with Crippen LogP contribution < -0.4 is 10.1 Å². The molecule has 166 valence electrons. The monoisotopic (exact) mass is 486 g/mol. The Kier molecular flexibility index (Phi) is 8.52. The Morgan fingerprint density at radius 3 is 2.52 bits per heavy atom. The van der Waals surface area contributed by atoms with Crippen LogP contribution in [0.1, 0.15) is 50.2 Å². The summed E-state index contributed by atoms with van der Waals surface area (Å²) in [6.45, 7) is 4.24. The molecule has 0 aliphatic heterocycles. The minimum absolute atomic E-state index is 0.0703. The zero-order chi connectivity index (χ0) is 22.2. The van der Waals surface area contributed by atoms with Crippen LogP contribution >= 0.6 is 15.9 Å². The first-order valence-electron chi connectivity index (χ1n) is 11.0. The lowest BCUT2D eigenvalue weighted by Crippen LogP contribution is -2.52. The number of nitrogens with zero attached hydrogens (tertiary/aromatic N) is 1. The SMILES string of the molecule is CC[C@H](C(=O)NC1CCCC1)N(Cc1cccc(C)c1)C(=O)COc1ccc(Br)cc1. The molecular weight excluding hydrogens is 456 g/mol. The van der Waals surface area contributed by atoms with Crippen molar-refractivity contribution in [3.63, 3.8) is 0 Å².